The van der Waals surface area contributed by atoms with Gasteiger partial charge in [0.15, 0.2) is 17.3 Å². The zero-order valence-electron chi connectivity index (χ0n) is 32.3. The number of ether oxygens (including phenoxy) is 2. The highest BCUT2D eigenvalue weighted by atomic mass is 16.5. The smallest absolute Gasteiger partial charge is 0.287 e. The third kappa shape index (κ3) is 8.92. The van der Waals surface area contributed by atoms with Crippen LogP contribution in [0.1, 0.15) is 69.2 Å². The molecule has 1 aromatic heterocycles. The Balaban J connectivity index is 0.990. The highest BCUT2D eigenvalue weighted by Crippen LogP contribution is 2.42. The highest BCUT2D eigenvalue weighted by molar-refractivity contribution is 6.12. The van der Waals surface area contributed by atoms with Crippen LogP contribution in [0.25, 0.3) is 0 Å². The van der Waals surface area contributed by atoms with Crippen molar-refractivity contribution in [2.24, 2.45) is 12.5 Å². The Morgan fingerprint density at radius 2 is 1.75 bits per heavy atom. The van der Waals surface area contributed by atoms with Crippen LogP contribution in [-0.4, -0.2) is 86.7 Å². The van der Waals surface area contributed by atoms with E-state index in [-0.39, 0.29) is 60.4 Å². The van der Waals surface area contributed by atoms with E-state index in [4.69, 9.17) is 9.47 Å². The number of likely N-dealkylation sites (N-methyl/N-ethyl adjacent to an activating group) is 1. The van der Waals surface area contributed by atoms with Crippen molar-refractivity contribution in [1.29, 1.82) is 0 Å². The van der Waals surface area contributed by atoms with Crippen molar-refractivity contribution >= 4 is 40.8 Å². The van der Waals surface area contributed by atoms with Crippen molar-refractivity contribution in [2.75, 3.05) is 62.6 Å². The number of hydrogen-bond donors (Lipinski definition) is 4. The van der Waals surface area contributed by atoms with Crippen LogP contribution in [0.15, 0.2) is 66.9 Å². The van der Waals surface area contributed by atoms with Crippen LogP contribution >= 0.6 is 0 Å². The van der Waals surface area contributed by atoms with Gasteiger partial charge in [-0.05, 0) is 60.7 Å². The van der Waals surface area contributed by atoms with E-state index < -0.39 is 5.91 Å². The zero-order valence-corrected chi connectivity index (χ0v) is 32.3. The molecular formula is C41H50N8O6. The van der Waals surface area contributed by atoms with E-state index in [1.165, 1.54) is 12.7 Å². The molecule has 3 aromatic carbocycles. The van der Waals surface area contributed by atoms with Crippen LogP contribution in [-0.2, 0) is 24.8 Å². The first-order valence-corrected chi connectivity index (χ1v) is 18.5. The van der Waals surface area contributed by atoms with E-state index in [0.29, 0.717) is 42.1 Å². The number of rotatable bonds is 15. The Morgan fingerprint density at radius 1 is 0.945 bits per heavy atom. The summed E-state index contributed by atoms with van der Waals surface area (Å²) in [5.74, 6) is 0.351. The zero-order chi connectivity index (χ0) is 39.3. The van der Waals surface area contributed by atoms with Crippen molar-refractivity contribution in [2.45, 2.75) is 45.7 Å². The van der Waals surface area contributed by atoms with Crippen LogP contribution in [0.3, 0.4) is 0 Å². The third-order valence-corrected chi connectivity index (χ3v) is 9.88. The topological polar surface area (TPSA) is 159 Å². The molecule has 55 heavy (non-hydrogen) atoms. The van der Waals surface area contributed by atoms with Gasteiger partial charge in [0.2, 0.25) is 11.7 Å². The van der Waals surface area contributed by atoms with Gasteiger partial charge in [-0.15, -0.1) is 0 Å². The number of imidazole rings is 1. The van der Waals surface area contributed by atoms with Crippen LogP contribution in [0.2, 0.25) is 0 Å². The average Bonchev–Trinajstić information content (AvgIpc) is 3.70. The molecule has 290 valence electrons. The molecule has 4 aromatic rings. The van der Waals surface area contributed by atoms with Crippen LogP contribution in [0, 0.1) is 5.41 Å². The highest BCUT2D eigenvalue weighted by Gasteiger charge is 2.39. The van der Waals surface area contributed by atoms with Crippen LogP contribution < -0.4 is 40.5 Å². The van der Waals surface area contributed by atoms with Crippen LogP contribution in [0.4, 0.5) is 17.2 Å². The molecular weight excluding hydrogens is 701 g/mol. The molecule has 0 saturated carbocycles. The molecule has 4 N–H and O–H groups in total. The Morgan fingerprint density at radius 3 is 2.53 bits per heavy atom. The Kier molecular flexibility index (Phi) is 11.7. The van der Waals surface area contributed by atoms with Crippen molar-refractivity contribution in [3.63, 3.8) is 0 Å². The molecule has 0 spiro atoms. The van der Waals surface area contributed by atoms with Crippen molar-refractivity contribution in [1.82, 2.24) is 25.5 Å². The molecule has 0 saturated heterocycles. The first kappa shape index (κ1) is 38.8. The lowest BCUT2D eigenvalue weighted by Crippen LogP contribution is -2.41. The second-order valence-corrected chi connectivity index (χ2v) is 14.9. The molecule has 1 atom stereocenters. The first-order valence-electron chi connectivity index (χ1n) is 18.5. The molecule has 14 nitrogen and oxygen atoms in total. The van der Waals surface area contributed by atoms with Gasteiger partial charge in [-0.1, -0.05) is 44.2 Å². The fraction of sp³-hybridized carbons (Fsp3) is 0.390. The Hall–Kier alpha value is -5.89. The molecule has 0 aliphatic carbocycles. The summed E-state index contributed by atoms with van der Waals surface area (Å²) in [6, 6.07) is 18.7. The molecule has 14 heteroatoms. The molecule has 2 aliphatic heterocycles. The quantitative estimate of drug-likeness (QED) is 0.131. The van der Waals surface area contributed by atoms with E-state index in [1.54, 1.807) is 42.1 Å². The molecule has 3 heterocycles. The molecule has 0 unspecified atom stereocenters. The molecule has 2 aliphatic rings. The maximum Gasteiger partial charge on any atom is 0.287 e. The van der Waals surface area contributed by atoms with Crippen molar-refractivity contribution in [3.8, 4) is 11.5 Å². The van der Waals surface area contributed by atoms with Gasteiger partial charge in [-0.3, -0.25) is 19.2 Å². The van der Waals surface area contributed by atoms with Gasteiger partial charge < -0.3 is 45.1 Å². The molecule has 6 rings (SSSR count). The number of para-hydroxylation sites is 1. The van der Waals surface area contributed by atoms with Crippen molar-refractivity contribution in [3.05, 3.63) is 94.9 Å². The van der Waals surface area contributed by atoms with Gasteiger partial charge >= 0.3 is 0 Å². The SMILES string of the molecule is CNCC(C)(C)CNC(=O)c1cccc(CNC(=O)c2nc(NC(=O)CCCOc3cc4c(cc3OC)C(=O)N3c5ccccc5C[C@H]3CN4C)cn2C)c1. The summed E-state index contributed by atoms with van der Waals surface area (Å²) in [4.78, 5) is 60.8. The van der Waals surface area contributed by atoms with Crippen LogP contribution in [0.5, 0.6) is 11.5 Å². The number of aromatic nitrogens is 2. The predicted molar refractivity (Wildman–Crippen MR) is 211 cm³/mol. The number of aryl methyl sites for hydroxylation is 1. The number of carbonyl (C=O) groups excluding carboxylic acids is 4. The van der Waals surface area contributed by atoms with Gasteiger partial charge in [-0.2, -0.15) is 0 Å². The summed E-state index contributed by atoms with van der Waals surface area (Å²) in [6.07, 6.45) is 2.92. The minimum absolute atomic E-state index is 0.0240. The molecule has 0 fully saturated rings. The van der Waals surface area contributed by atoms with E-state index in [2.05, 4.69) is 51.1 Å². The second kappa shape index (κ2) is 16.6. The monoisotopic (exact) mass is 750 g/mol. The number of anilines is 3. The molecule has 0 radical (unpaired) electrons. The summed E-state index contributed by atoms with van der Waals surface area (Å²) >= 11 is 0. The first-order chi connectivity index (χ1) is 26.4. The van der Waals surface area contributed by atoms with Gasteiger partial charge in [0.1, 0.15) is 0 Å². The van der Waals surface area contributed by atoms with Gasteiger partial charge in [0.25, 0.3) is 17.7 Å². The second-order valence-electron chi connectivity index (χ2n) is 14.9. The largest absolute Gasteiger partial charge is 0.493 e. The van der Waals surface area contributed by atoms with Gasteiger partial charge in [0, 0.05) is 70.2 Å². The number of methoxy groups -OCH3 is 1. The minimum Gasteiger partial charge on any atom is -0.493 e. The lowest BCUT2D eigenvalue weighted by atomic mass is 9.93. The summed E-state index contributed by atoms with van der Waals surface area (Å²) < 4.78 is 13.3. The fourth-order valence-corrected chi connectivity index (χ4v) is 7.14. The number of carbonyl (C=O) groups is 4. The summed E-state index contributed by atoms with van der Waals surface area (Å²) in [6.45, 7) is 6.51. The Labute approximate surface area is 321 Å². The standard InChI is InChI=1S/C41H50N8O6/c1-41(2,24-42-3)25-44-38(51)28-13-9-11-26(17-28)21-43-39(52)37-46-35(23-48(37)5)45-36(50)15-10-16-55-34-20-32-30(19-33(34)54-6)40(53)49-29(22-47(32)4)18-27-12-7-8-14-31(27)49/h7-9,11-14,17,19-20,23,29,42H,10,15-16,18,21-22,24-25H2,1-6H3,(H,43,52)(H,44,51)(H,45,50)/t29-/m0/s1. The fourth-order valence-electron chi connectivity index (χ4n) is 7.14. The number of fused-ring (bicyclic) bond motifs is 4. The van der Waals surface area contributed by atoms with Gasteiger partial charge in [0.05, 0.1) is 31.0 Å². The molecule has 4 amide bonds. The Bertz CT molecular complexity index is 2080. The average molecular weight is 751 g/mol. The van der Waals surface area contributed by atoms with E-state index >= 15 is 0 Å². The lowest BCUT2D eigenvalue weighted by molar-refractivity contribution is -0.116. The number of nitrogens with zero attached hydrogens (tertiary/aromatic N) is 4. The van der Waals surface area contributed by atoms with E-state index in [1.807, 2.05) is 49.3 Å². The summed E-state index contributed by atoms with van der Waals surface area (Å²) in [5.41, 5.74) is 4.59. The van der Waals surface area contributed by atoms with Gasteiger partial charge in [-0.25, -0.2) is 4.98 Å². The molecule has 0 bridgehead atoms. The minimum atomic E-state index is -0.424. The maximum absolute atomic E-state index is 13.8. The maximum atomic E-state index is 13.8. The number of benzene rings is 3. The summed E-state index contributed by atoms with van der Waals surface area (Å²) in [5, 5.41) is 11.7. The van der Waals surface area contributed by atoms with E-state index in [9.17, 15) is 19.2 Å². The van der Waals surface area contributed by atoms with E-state index in [0.717, 1.165) is 29.9 Å². The third-order valence-electron chi connectivity index (χ3n) is 9.88. The number of amides is 4. The predicted octanol–water partition coefficient (Wildman–Crippen LogP) is 4.15. The van der Waals surface area contributed by atoms with Crippen molar-refractivity contribution < 1.29 is 28.7 Å². The lowest BCUT2D eigenvalue weighted by Gasteiger charge is -2.25. The number of hydrogen-bond acceptors (Lipinski definition) is 9. The number of nitrogens with one attached hydrogen (secondary N) is 4. The normalized spacial score (nSPS) is 14.7. The summed E-state index contributed by atoms with van der Waals surface area (Å²) in [7, 11) is 7.06.